The second-order valence-electron chi connectivity index (χ2n) is 6.64. The van der Waals surface area contributed by atoms with Crippen molar-refractivity contribution in [2.75, 3.05) is 23.7 Å². The fraction of sp³-hybridized carbons (Fsp3) is 0.381. The van der Waals surface area contributed by atoms with E-state index < -0.39 is 10.0 Å². The van der Waals surface area contributed by atoms with E-state index in [4.69, 9.17) is 12.2 Å². The van der Waals surface area contributed by atoms with Gasteiger partial charge in [0, 0.05) is 24.5 Å². The van der Waals surface area contributed by atoms with E-state index in [0.29, 0.717) is 23.9 Å². The van der Waals surface area contributed by atoms with Crippen LogP contribution in [0, 0.1) is 13.8 Å². The molecule has 2 aromatic carbocycles. The summed E-state index contributed by atoms with van der Waals surface area (Å²) in [5, 5.41) is 6.76. The van der Waals surface area contributed by atoms with Gasteiger partial charge in [0.25, 0.3) is 0 Å². The third-order valence-corrected chi connectivity index (χ3v) is 7.06. The summed E-state index contributed by atoms with van der Waals surface area (Å²) in [7, 11) is -3.54. The first kappa shape index (κ1) is 22.3. The predicted octanol–water partition coefficient (Wildman–Crippen LogP) is 4.71. The lowest BCUT2D eigenvalue weighted by molar-refractivity contribution is 0.445. The summed E-state index contributed by atoms with van der Waals surface area (Å²) in [6.45, 7) is 10.5. The highest BCUT2D eigenvalue weighted by Crippen LogP contribution is 2.26. The lowest BCUT2D eigenvalue weighted by Gasteiger charge is -2.21. The molecule has 0 aromatic heterocycles. The van der Waals surface area contributed by atoms with Gasteiger partial charge in [-0.05, 0) is 73.4 Å². The molecule has 0 spiro atoms. The van der Waals surface area contributed by atoms with Crippen LogP contribution in [0.25, 0.3) is 0 Å². The van der Waals surface area contributed by atoms with E-state index in [2.05, 4.69) is 23.6 Å². The number of anilines is 2. The van der Waals surface area contributed by atoms with Crippen molar-refractivity contribution >= 4 is 38.7 Å². The van der Waals surface area contributed by atoms with E-state index in [1.807, 2.05) is 45.9 Å². The van der Waals surface area contributed by atoms with Crippen LogP contribution in [-0.2, 0) is 16.4 Å². The topological polar surface area (TPSA) is 61.4 Å². The number of rotatable bonds is 7. The number of nitrogens with one attached hydrogen (secondary N) is 2. The minimum absolute atomic E-state index is 0.276. The molecule has 0 aliphatic carbocycles. The van der Waals surface area contributed by atoms with Gasteiger partial charge in [-0.25, -0.2) is 8.42 Å². The summed E-state index contributed by atoms with van der Waals surface area (Å²) in [5.41, 5.74) is 4.66. The minimum atomic E-state index is -3.54. The third-order valence-electron chi connectivity index (χ3n) is 4.83. The van der Waals surface area contributed by atoms with Crippen LogP contribution in [0.2, 0.25) is 0 Å². The van der Waals surface area contributed by atoms with Crippen molar-refractivity contribution in [1.29, 1.82) is 0 Å². The standard InChI is InChI=1S/C21H29N3O2S2/c1-6-17-10-9-11-18(13-17)22-21(27)23-20-14-19(12-15(4)16(20)5)28(25,26)24(7-2)8-3/h9-14H,6-8H2,1-5H3,(H2,22,23,27). The van der Waals surface area contributed by atoms with E-state index in [0.717, 1.165) is 23.2 Å². The molecule has 0 unspecified atom stereocenters. The van der Waals surface area contributed by atoms with Crippen LogP contribution >= 0.6 is 12.2 Å². The Morgan fingerprint density at radius 1 is 1.04 bits per heavy atom. The Labute approximate surface area is 174 Å². The van der Waals surface area contributed by atoms with Crippen molar-refractivity contribution in [1.82, 2.24) is 4.31 Å². The molecule has 2 rings (SSSR count). The van der Waals surface area contributed by atoms with Gasteiger partial charge in [-0.15, -0.1) is 0 Å². The SMILES string of the molecule is CCc1cccc(NC(=S)Nc2cc(S(=O)(=O)N(CC)CC)cc(C)c2C)c1. The number of hydrogen-bond donors (Lipinski definition) is 2. The van der Waals surface area contributed by atoms with E-state index >= 15 is 0 Å². The summed E-state index contributed by atoms with van der Waals surface area (Å²) in [6, 6.07) is 11.4. The van der Waals surface area contributed by atoms with Gasteiger partial charge in [0.05, 0.1) is 4.90 Å². The van der Waals surface area contributed by atoms with Crippen molar-refractivity contribution in [3.05, 3.63) is 53.1 Å². The Morgan fingerprint density at radius 2 is 1.71 bits per heavy atom. The second kappa shape index (κ2) is 9.49. The molecule has 0 radical (unpaired) electrons. The first-order valence-corrected chi connectivity index (χ1v) is 11.4. The lowest BCUT2D eigenvalue weighted by Crippen LogP contribution is -2.31. The number of nitrogens with zero attached hydrogens (tertiary/aromatic N) is 1. The van der Waals surface area contributed by atoms with Crippen molar-refractivity contribution in [3.8, 4) is 0 Å². The quantitative estimate of drug-likeness (QED) is 0.637. The Kier molecular flexibility index (Phi) is 7.57. The van der Waals surface area contributed by atoms with Gasteiger partial charge < -0.3 is 10.6 Å². The largest absolute Gasteiger partial charge is 0.332 e. The zero-order chi connectivity index (χ0) is 20.9. The molecule has 0 aliphatic heterocycles. The van der Waals surface area contributed by atoms with Gasteiger partial charge in [0.1, 0.15) is 0 Å². The average Bonchev–Trinajstić information content (AvgIpc) is 2.66. The molecular weight excluding hydrogens is 390 g/mol. The zero-order valence-corrected chi connectivity index (χ0v) is 18.8. The Bertz CT molecular complexity index is 952. The Morgan fingerprint density at radius 3 is 2.32 bits per heavy atom. The van der Waals surface area contributed by atoms with Crippen molar-refractivity contribution in [2.45, 2.75) is 45.9 Å². The van der Waals surface area contributed by atoms with E-state index in [9.17, 15) is 8.42 Å². The molecule has 0 atom stereocenters. The van der Waals surface area contributed by atoms with E-state index in [1.165, 1.54) is 9.87 Å². The predicted molar refractivity (Wildman–Crippen MR) is 122 cm³/mol. The van der Waals surface area contributed by atoms with Gasteiger partial charge in [0.15, 0.2) is 5.11 Å². The van der Waals surface area contributed by atoms with Crippen LogP contribution in [0.5, 0.6) is 0 Å². The summed E-state index contributed by atoms with van der Waals surface area (Å²) in [4.78, 5) is 0.276. The van der Waals surface area contributed by atoms with Crippen molar-refractivity contribution in [2.24, 2.45) is 0 Å². The highest BCUT2D eigenvalue weighted by Gasteiger charge is 2.23. The molecule has 7 heteroatoms. The maximum Gasteiger partial charge on any atom is 0.243 e. The Hall–Kier alpha value is -1.96. The highest BCUT2D eigenvalue weighted by molar-refractivity contribution is 7.89. The molecule has 152 valence electrons. The molecular formula is C21H29N3O2S2. The average molecular weight is 420 g/mol. The fourth-order valence-corrected chi connectivity index (χ4v) is 4.77. The maximum atomic E-state index is 12.9. The molecule has 0 amide bonds. The normalized spacial score (nSPS) is 11.5. The number of hydrogen-bond acceptors (Lipinski definition) is 3. The first-order valence-electron chi connectivity index (χ1n) is 9.51. The van der Waals surface area contributed by atoms with E-state index in [-0.39, 0.29) is 4.90 Å². The zero-order valence-electron chi connectivity index (χ0n) is 17.2. The van der Waals surface area contributed by atoms with Crippen LogP contribution in [-0.4, -0.2) is 30.9 Å². The lowest BCUT2D eigenvalue weighted by atomic mass is 10.1. The van der Waals surface area contributed by atoms with Gasteiger partial charge in [-0.2, -0.15) is 4.31 Å². The summed E-state index contributed by atoms with van der Waals surface area (Å²) >= 11 is 5.45. The number of benzene rings is 2. The van der Waals surface area contributed by atoms with Crippen LogP contribution in [0.15, 0.2) is 41.3 Å². The fourth-order valence-electron chi connectivity index (χ4n) is 2.97. The van der Waals surface area contributed by atoms with Crippen molar-refractivity contribution in [3.63, 3.8) is 0 Å². The molecule has 28 heavy (non-hydrogen) atoms. The molecule has 0 heterocycles. The van der Waals surface area contributed by atoms with Crippen LogP contribution in [0.4, 0.5) is 11.4 Å². The number of sulfonamides is 1. The van der Waals surface area contributed by atoms with Crippen molar-refractivity contribution < 1.29 is 8.42 Å². The van der Waals surface area contributed by atoms with Gasteiger partial charge in [0.2, 0.25) is 10.0 Å². The minimum Gasteiger partial charge on any atom is -0.332 e. The maximum absolute atomic E-state index is 12.9. The van der Waals surface area contributed by atoms with Gasteiger partial charge >= 0.3 is 0 Å². The van der Waals surface area contributed by atoms with Gasteiger partial charge in [-0.3, -0.25) is 0 Å². The molecule has 0 bridgehead atoms. The summed E-state index contributed by atoms with van der Waals surface area (Å²) < 4.78 is 27.3. The molecule has 2 N–H and O–H groups in total. The van der Waals surface area contributed by atoms with Crippen LogP contribution < -0.4 is 10.6 Å². The molecule has 0 aliphatic rings. The molecule has 0 saturated carbocycles. The monoisotopic (exact) mass is 419 g/mol. The highest BCUT2D eigenvalue weighted by atomic mass is 32.2. The third kappa shape index (κ3) is 5.10. The molecule has 0 saturated heterocycles. The molecule has 5 nitrogen and oxygen atoms in total. The van der Waals surface area contributed by atoms with Crippen LogP contribution in [0.1, 0.15) is 37.5 Å². The van der Waals surface area contributed by atoms with Gasteiger partial charge in [-0.1, -0.05) is 32.9 Å². The van der Waals surface area contributed by atoms with E-state index in [1.54, 1.807) is 12.1 Å². The number of aryl methyl sites for hydroxylation is 2. The summed E-state index contributed by atoms with van der Waals surface area (Å²) in [6.07, 6.45) is 0.944. The first-order chi connectivity index (χ1) is 13.2. The molecule has 2 aromatic rings. The Balaban J connectivity index is 2.30. The number of thiocarbonyl (C=S) groups is 1. The smallest absolute Gasteiger partial charge is 0.243 e. The molecule has 0 fully saturated rings. The van der Waals surface area contributed by atoms with Crippen LogP contribution in [0.3, 0.4) is 0 Å². The second-order valence-corrected chi connectivity index (χ2v) is 8.98. The summed E-state index contributed by atoms with van der Waals surface area (Å²) in [5.74, 6) is 0.